The number of anilines is 1. The van der Waals surface area contributed by atoms with Crippen molar-refractivity contribution in [1.29, 1.82) is 0 Å². The quantitative estimate of drug-likeness (QED) is 0.562. The molecule has 1 atom stereocenters. The van der Waals surface area contributed by atoms with Gasteiger partial charge in [0, 0.05) is 11.5 Å². The highest BCUT2D eigenvalue weighted by Crippen LogP contribution is 2.33. The zero-order valence-corrected chi connectivity index (χ0v) is 18.4. The molecule has 3 aromatic carbocycles. The number of nitrogens with zero attached hydrogens (tertiary/aromatic N) is 1. The summed E-state index contributed by atoms with van der Waals surface area (Å²) in [6.45, 7) is -0.128. The van der Waals surface area contributed by atoms with Gasteiger partial charge in [-0.1, -0.05) is 28.1 Å². The van der Waals surface area contributed by atoms with Crippen LogP contribution < -0.4 is 19.7 Å². The van der Waals surface area contributed by atoms with Gasteiger partial charge in [0.25, 0.3) is 11.8 Å². The molecule has 0 radical (unpaired) electrons. The smallest absolute Gasteiger partial charge is 0.255 e. The minimum absolute atomic E-state index is 0.0663. The first-order chi connectivity index (χ1) is 15.3. The molecule has 1 N–H and O–H groups in total. The van der Waals surface area contributed by atoms with Crippen LogP contribution >= 0.6 is 15.9 Å². The van der Waals surface area contributed by atoms with E-state index >= 15 is 0 Å². The lowest BCUT2D eigenvalue weighted by Gasteiger charge is -2.20. The lowest BCUT2D eigenvalue weighted by molar-refractivity contribution is -0.120. The SMILES string of the molecule is CN1C(=O)C(NC(=O)c2cc(Oc3ccccc3F)ccc2F)COc2ccc(Br)cc21. The standard InChI is InChI=1S/C23H17BrF2N2O4/c1-28-19-10-13(24)6-9-21(19)31-12-18(23(28)30)27-22(29)15-11-14(7-8-16(15)25)32-20-5-3-2-4-17(20)26/h2-11,18H,12H2,1H3,(H,27,29). The van der Waals surface area contributed by atoms with Crippen LogP contribution in [0.25, 0.3) is 0 Å². The van der Waals surface area contributed by atoms with E-state index in [1.54, 1.807) is 31.3 Å². The average molecular weight is 503 g/mol. The molecule has 1 unspecified atom stereocenters. The number of ether oxygens (including phenoxy) is 2. The first-order valence-electron chi connectivity index (χ1n) is 9.56. The second kappa shape index (κ2) is 8.96. The highest BCUT2D eigenvalue weighted by atomic mass is 79.9. The molecule has 0 saturated carbocycles. The fraction of sp³-hybridized carbons (Fsp3) is 0.130. The summed E-state index contributed by atoms with van der Waals surface area (Å²) in [7, 11) is 1.56. The Balaban J connectivity index is 1.54. The Kier molecular flexibility index (Phi) is 6.09. The fourth-order valence-corrected chi connectivity index (χ4v) is 3.56. The third-order valence-corrected chi connectivity index (χ3v) is 5.36. The van der Waals surface area contributed by atoms with Gasteiger partial charge >= 0.3 is 0 Å². The normalized spacial score (nSPS) is 15.4. The van der Waals surface area contributed by atoms with Crippen molar-refractivity contribution in [2.75, 3.05) is 18.6 Å². The number of para-hydroxylation sites is 1. The molecule has 0 fully saturated rings. The lowest BCUT2D eigenvalue weighted by Crippen LogP contribution is -2.49. The molecule has 4 rings (SSSR count). The van der Waals surface area contributed by atoms with Gasteiger partial charge in [0.2, 0.25) is 0 Å². The molecule has 1 aliphatic rings. The van der Waals surface area contributed by atoms with Crippen molar-refractivity contribution >= 4 is 33.4 Å². The van der Waals surface area contributed by atoms with Gasteiger partial charge in [-0.3, -0.25) is 9.59 Å². The molecule has 164 valence electrons. The van der Waals surface area contributed by atoms with Crippen LogP contribution in [0.1, 0.15) is 10.4 Å². The predicted molar refractivity (Wildman–Crippen MR) is 117 cm³/mol. The number of amides is 2. The molecular formula is C23H17BrF2N2O4. The summed E-state index contributed by atoms with van der Waals surface area (Å²) in [6, 6.07) is 13.3. The molecule has 0 bridgehead atoms. The number of carbonyl (C=O) groups excluding carboxylic acids is 2. The van der Waals surface area contributed by atoms with Crippen molar-refractivity contribution in [2.24, 2.45) is 0 Å². The fourth-order valence-electron chi connectivity index (χ4n) is 3.21. The molecule has 9 heteroatoms. The van der Waals surface area contributed by atoms with Crippen molar-refractivity contribution in [3.05, 3.63) is 82.3 Å². The summed E-state index contributed by atoms with van der Waals surface area (Å²) >= 11 is 3.35. The Hall–Kier alpha value is -3.46. The molecule has 32 heavy (non-hydrogen) atoms. The van der Waals surface area contributed by atoms with E-state index in [0.29, 0.717) is 11.4 Å². The largest absolute Gasteiger partial charge is 0.489 e. The van der Waals surface area contributed by atoms with Gasteiger partial charge in [-0.15, -0.1) is 0 Å². The number of rotatable bonds is 4. The van der Waals surface area contributed by atoms with Gasteiger partial charge < -0.3 is 19.7 Å². The first-order valence-corrected chi connectivity index (χ1v) is 10.4. The second-order valence-electron chi connectivity index (χ2n) is 7.02. The number of fused-ring (bicyclic) bond motifs is 1. The number of nitrogens with one attached hydrogen (secondary N) is 1. The average Bonchev–Trinajstić information content (AvgIpc) is 2.89. The number of benzene rings is 3. The van der Waals surface area contributed by atoms with Crippen LogP contribution in [0.15, 0.2) is 65.1 Å². The molecule has 0 aromatic heterocycles. The first kappa shape index (κ1) is 21.8. The van der Waals surface area contributed by atoms with Gasteiger partial charge in [0.1, 0.15) is 30.0 Å². The highest BCUT2D eigenvalue weighted by Gasteiger charge is 2.31. The van der Waals surface area contributed by atoms with E-state index in [9.17, 15) is 18.4 Å². The maximum absolute atomic E-state index is 14.4. The molecule has 0 spiro atoms. The number of likely N-dealkylation sites (N-methyl/N-ethyl adjacent to an activating group) is 1. The van der Waals surface area contributed by atoms with E-state index in [2.05, 4.69) is 21.2 Å². The minimum Gasteiger partial charge on any atom is -0.489 e. The minimum atomic E-state index is -1.05. The number of hydrogen-bond acceptors (Lipinski definition) is 4. The van der Waals surface area contributed by atoms with Crippen molar-refractivity contribution < 1.29 is 27.8 Å². The van der Waals surface area contributed by atoms with E-state index in [-0.39, 0.29) is 23.7 Å². The Morgan fingerprint density at radius 1 is 1.12 bits per heavy atom. The molecule has 0 saturated heterocycles. The second-order valence-corrected chi connectivity index (χ2v) is 7.94. The Bertz CT molecular complexity index is 1200. The summed E-state index contributed by atoms with van der Waals surface area (Å²) < 4.78 is 40.1. The zero-order valence-electron chi connectivity index (χ0n) is 16.8. The Morgan fingerprint density at radius 3 is 2.69 bits per heavy atom. The topological polar surface area (TPSA) is 67.9 Å². The van der Waals surface area contributed by atoms with E-state index in [4.69, 9.17) is 9.47 Å². The number of carbonyl (C=O) groups is 2. The van der Waals surface area contributed by atoms with Crippen LogP contribution in [0.3, 0.4) is 0 Å². The third-order valence-electron chi connectivity index (χ3n) is 4.87. The summed E-state index contributed by atoms with van der Waals surface area (Å²) in [5.74, 6) is -2.18. The molecule has 3 aromatic rings. The van der Waals surface area contributed by atoms with Crippen LogP contribution in [0.4, 0.5) is 14.5 Å². The molecule has 2 amide bonds. The van der Waals surface area contributed by atoms with Crippen molar-refractivity contribution in [3.8, 4) is 17.2 Å². The van der Waals surface area contributed by atoms with Gasteiger partial charge in [0.15, 0.2) is 11.6 Å². The van der Waals surface area contributed by atoms with Crippen LogP contribution in [0.5, 0.6) is 17.2 Å². The molecule has 1 aliphatic heterocycles. The van der Waals surface area contributed by atoms with Crippen LogP contribution in [-0.2, 0) is 4.79 Å². The molecular weight excluding hydrogens is 486 g/mol. The Labute approximate surface area is 190 Å². The van der Waals surface area contributed by atoms with E-state index < -0.39 is 29.5 Å². The maximum atomic E-state index is 14.4. The Morgan fingerprint density at radius 2 is 1.91 bits per heavy atom. The maximum Gasteiger partial charge on any atom is 0.255 e. The van der Waals surface area contributed by atoms with Crippen LogP contribution in [0.2, 0.25) is 0 Å². The van der Waals surface area contributed by atoms with Gasteiger partial charge in [-0.05, 0) is 48.5 Å². The van der Waals surface area contributed by atoms with Crippen molar-refractivity contribution in [2.45, 2.75) is 6.04 Å². The van der Waals surface area contributed by atoms with E-state index in [1.807, 2.05) is 0 Å². The van der Waals surface area contributed by atoms with Crippen LogP contribution in [-0.4, -0.2) is 31.5 Å². The van der Waals surface area contributed by atoms with Gasteiger partial charge in [0.05, 0.1) is 11.3 Å². The highest BCUT2D eigenvalue weighted by molar-refractivity contribution is 9.10. The zero-order chi connectivity index (χ0) is 22.8. The summed E-state index contributed by atoms with van der Waals surface area (Å²) in [5, 5.41) is 2.51. The van der Waals surface area contributed by atoms with Crippen molar-refractivity contribution in [1.82, 2.24) is 5.32 Å². The predicted octanol–water partition coefficient (Wildman–Crippen LogP) is 4.67. The summed E-state index contributed by atoms with van der Waals surface area (Å²) in [5.41, 5.74) is 0.186. The summed E-state index contributed by atoms with van der Waals surface area (Å²) in [4.78, 5) is 27.0. The number of halogens is 3. The molecule has 6 nitrogen and oxygen atoms in total. The lowest BCUT2D eigenvalue weighted by atomic mass is 10.1. The van der Waals surface area contributed by atoms with E-state index in [1.165, 1.54) is 29.2 Å². The number of hydrogen-bond donors (Lipinski definition) is 1. The molecule has 1 heterocycles. The van der Waals surface area contributed by atoms with E-state index in [0.717, 1.165) is 16.6 Å². The monoisotopic (exact) mass is 502 g/mol. The van der Waals surface area contributed by atoms with Gasteiger partial charge in [-0.25, -0.2) is 8.78 Å². The van der Waals surface area contributed by atoms with Crippen molar-refractivity contribution in [3.63, 3.8) is 0 Å². The third kappa shape index (κ3) is 4.43. The molecule has 0 aliphatic carbocycles. The summed E-state index contributed by atoms with van der Waals surface area (Å²) in [6.07, 6.45) is 0. The van der Waals surface area contributed by atoms with Gasteiger partial charge in [-0.2, -0.15) is 0 Å². The van der Waals surface area contributed by atoms with Crippen LogP contribution in [0, 0.1) is 11.6 Å².